The van der Waals surface area contributed by atoms with Crippen LogP contribution < -0.4 is 0 Å². The second-order valence-corrected chi connectivity index (χ2v) is 5.43. The third-order valence-electron chi connectivity index (χ3n) is 2.13. The molecule has 88 valence electrons. The third kappa shape index (κ3) is 4.71. The molecule has 1 N–H and O–H groups in total. The fourth-order valence-corrected chi connectivity index (χ4v) is 2.34. The van der Waals surface area contributed by atoms with Gasteiger partial charge in [0.05, 0.1) is 0 Å². The molecule has 1 atom stereocenters. The third-order valence-corrected chi connectivity index (χ3v) is 3.43. The van der Waals surface area contributed by atoms with Crippen LogP contribution in [0.15, 0.2) is 24.3 Å². The Hall–Kier alpha value is -0.280. The van der Waals surface area contributed by atoms with Crippen molar-refractivity contribution in [3.05, 3.63) is 35.4 Å². The van der Waals surface area contributed by atoms with E-state index in [0.717, 1.165) is 10.9 Å². The number of rotatable bonds is 5. The predicted molar refractivity (Wildman–Crippen MR) is 67.8 cm³/mol. The Morgan fingerprint density at radius 1 is 1.31 bits per heavy atom. The van der Waals surface area contributed by atoms with Crippen molar-refractivity contribution in [3.63, 3.8) is 0 Å². The standard InChI is InChI=1S/C11H14BrO3P/c1-11(2,15-16(13)14)7-9-3-5-10(8-12)6-4-9/h3-6H,7-8H2,1-2H3/p+1. The Kier molecular flexibility index (Phi) is 5.06. The van der Waals surface area contributed by atoms with Gasteiger partial charge in [-0.3, -0.25) is 0 Å². The van der Waals surface area contributed by atoms with E-state index in [1.54, 1.807) is 13.8 Å². The summed E-state index contributed by atoms with van der Waals surface area (Å²) < 4.78 is 15.6. The van der Waals surface area contributed by atoms with Crippen LogP contribution in [0.1, 0.15) is 25.0 Å². The summed E-state index contributed by atoms with van der Waals surface area (Å²) in [6.07, 6.45) is 0.608. The van der Waals surface area contributed by atoms with Gasteiger partial charge >= 0.3 is 8.25 Å². The minimum absolute atomic E-state index is 0.608. The molecule has 0 bridgehead atoms. The van der Waals surface area contributed by atoms with Gasteiger partial charge in [-0.2, -0.15) is 0 Å². The summed E-state index contributed by atoms with van der Waals surface area (Å²) in [6.45, 7) is 3.60. The van der Waals surface area contributed by atoms with E-state index in [2.05, 4.69) is 15.9 Å². The maximum absolute atomic E-state index is 10.6. The SMILES string of the molecule is CC(C)(Cc1ccc(CBr)cc1)O[P+](=O)O. The molecule has 0 fully saturated rings. The Bertz CT molecular complexity index is 362. The maximum atomic E-state index is 10.6. The summed E-state index contributed by atoms with van der Waals surface area (Å²) in [6, 6.07) is 8.07. The van der Waals surface area contributed by atoms with Gasteiger partial charge in [0.2, 0.25) is 0 Å². The molecular formula is C11H15BrO3P+. The number of benzene rings is 1. The van der Waals surface area contributed by atoms with Crippen LogP contribution in [-0.4, -0.2) is 10.5 Å². The summed E-state index contributed by atoms with van der Waals surface area (Å²) in [5, 5.41) is 0.829. The first-order valence-electron chi connectivity index (χ1n) is 4.92. The first kappa shape index (κ1) is 13.8. The van der Waals surface area contributed by atoms with Gasteiger partial charge in [0.1, 0.15) is 5.60 Å². The van der Waals surface area contributed by atoms with E-state index in [1.807, 2.05) is 24.3 Å². The molecular weight excluding hydrogens is 291 g/mol. The van der Waals surface area contributed by atoms with Gasteiger partial charge < -0.3 is 0 Å². The highest BCUT2D eigenvalue weighted by atomic mass is 79.9. The monoisotopic (exact) mass is 305 g/mol. The zero-order valence-corrected chi connectivity index (χ0v) is 11.8. The maximum Gasteiger partial charge on any atom is 0.695 e. The molecule has 0 spiro atoms. The number of hydrogen-bond donors (Lipinski definition) is 1. The van der Waals surface area contributed by atoms with Gasteiger partial charge in [0.25, 0.3) is 0 Å². The second kappa shape index (κ2) is 5.87. The van der Waals surface area contributed by atoms with E-state index >= 15 is 0 Å². The zero-order valence-electron chi connectivity index (χ0n) is 9.31. The van der Waals surface area contributed by atoms with Gasteiger partial charge in [-0.25, -0.2) is 0 Å². The van der Waals surface area contributed by atoms with Crippen molar-refractivity contribution in [2.75, 3.05) is 0 Å². The highest BCUT2D eigenvalue weighted by Crippen LogP contribution is 2.28. The molecule has 5 heteroatoms. The Morgan fingerprint density at radius 3 is 2.25 bits per heavy atom. The lowest BCUT2D eigenvalue weighted by Crippen LogP contribution is -2.24. The van der Waals surface area contributed by atoms with Crippen LogP contribution in [0.2, 0.25) is 0 Å². The van der Waals surface area contributed by atoms with Crippen LogP contribution >= 0.6 is 24.2 Å². The van der Waals surface area contributed by atoms with Crippen molar-refractivity contribution >= 4 is 24.2 Å². The molecule has 1 aromatic rings. The van der Waals surface area contributed by atoms with E-state index < -0.39 is 13.9 Å². The Morgan fingerprint density at radius 2 is 1.81 bits per heavy atom. The van der Waals surface area contributed by atoms with Crippen molar-refractivity contribution in [3.8, 4) is 0 Å². The molecule has 1 unspecified atom stereocenters. The van der Waals surface area contributed by atoms with E-state index in [-0.39, 0.29) is 0 Å². The molecule has 0 heterocycles. The van der Waals surface area contributed by atoms with Crippen LogP contribution in [0.4, 0.5) is 0 Å². The molecule has 0 aromatic heterocycles. The molecule has 16 heavy (non-hydrogen) atoms. The smallest absolute Gasteiger partial charge is 0.133 e. The summed E-state index contributed by atoms with van der Waals surface area (Å²) in [7, 11) is -2.55. The van der Waals surface area contributed by atoms with Gasteiger partial charge in [0.15, 0.2) is 0 Å². The van der Waals surface area contributed by atoms with Gasteiger partial charge in [-0.1, -0.05) is 40.2 Å². The van der Waals surface area contributed by atoms with Crippen molar-refractivity contribution in [2.24, 2.45) is 0 Å². The zero-order chi connectivity index (χ0) is 12.2. The first-order chi connectivity index (χ1) is 7.43. The van der Waals surface area contributed by atoms with Crippen LogP contribution in [0.3, 0.4) is 0 Å². The van der Waals surface area contributed by atoms with Crippen LogP contribution in [-0.2, 0) is 20.8 Å². The molecule has 0 amide bonds. The Balaban J connectivity index is 2.68. The highest BCUT2D eigenvalue weighted by Gasteiger charge is 2.30. The largest absolute Gasteiger partial charge is 0.695 e. The van der Waals surface area contributed by atoms with Crippen molar-refractivity contribution < 1.29 is 14.0 Å². The average Bonchev–Trinajstić information content (AvgIpc) is 2.16. The van der Waals surface area contributed by atoms with Crippen LogP contribution in [0.5, 0.6) is 0 Å². The molecule has 0 aliphatic rings. The Labute approximate surface area is 105 Å². The first-order valence-corrected chi connectivity index (χ1v) is 7.17. The molecule has 3 nitrogen and oxygen atoms in total. The van der Waals surface area contributed by atoms with Gasteiger partial charge in [-0.05, 0) is 25.0 Å². The average molecular weight is 306 g/mol. The van der Waals surface area contributed by atoms with E-state index in [0.29, 0.717) is 6.42 Å². The van der Waals surface area contributed by atoms with Crippen molar-refractivity contribution in [1.82, 2.24) is 0 Å². The van der Waals surface area contributed by atoms with Gasteiger partial charge in [-0.15, -0.1) is 9.42 Å². The lowest BCUT2D eigenvalue weighted by Gasteiger charge is -2.16. The fraction of sp³-hybridized carbons (Fsp3) is 0.455. The molecule has 1 rings (SSSR count). The van der Waals surface area contributed by atoms with Crippen molar-refractivity contribution in [2.45, 2.75) is 31.2 Å². The molecule has 0 saturated heterocycles. The van der Waals surface area contributed by atoms with E-state index in [9.17, 15) is 4.57 Å². The normalized spacial score (nSPS) is 12.6. The molecule has 0 saturated carbocycles. The fourth-order valence-electron chi connectivity index (χ4n) is 1.48. The lowest BCUT2D eigenvalue weighted by molar-refractivity contribution is 0.104. The molecule has 0 aliphatic carbocycles. The minimum Gasteiger partial charge on any atom is -0.133 e. The summed E-state index contributed by atoms with van der Waals surface area (Å²) in [4.78, 5) is 8.73. The second-order valence-electron chi connectivity index (χ2n) is 4.22. The van der Waals surface area contributed by atoms with Gasteiger partial charge in [0, 0.05) is 16.3 Å². The predicted octanol–water partition coefficient (Wildman–Crippen LogP) is 3.57. The summed E-state index contributed by atoms with van der Waals surface area (Å²) in [5.74, 6) is 0. The highest BCUT2D eigenvalue weighted by molar-refractivity contribution is 9.08. The summed E-state index contributed by atoms with van der Waals surface area (Å²) in [5.41, 5.74) is 1.67. The van der Waals surface area contributed by atoms with E-state index in [4.69, 9.17) is 9.42 Å². The molecule has 0 aliphatic heterocycles. The van der Waals surface area contributed by atoms with Crippen molar-refractivity contribution in [1.29, 1.82) is 0 Å². The quantitative estimate of drug-likeness (QED) is 0.668. The number of hydrogen-bond acceptors (Lipinski definition) is 2. The molecule has 1 aromatic carbocycles. The van der Waals surface area contributed by atoms with Crippen LogP contribution in [0, 0.1) is 0 Å². The number of alkyl halides is 1. The molecule has 0 radical (unpaired) electrons. The lowest BCUT2D eigenvalue weighted by atomic mass is 9.98. The minimum atomic E-state index is -2.55. The van der Waals surface area contributed by atoms with E-state index in [1.165, 1.54) is 5.56 Å². The van der Waals surface area contributed by atoms with Crippen LogP contribution in [0.25, 0.3) is 0 Å². The topological polar surface area (TPSA) is 46.5 Å². The number of halogens is 1. The summed E-state index contributed by atoms with van der Waals surface area (Å²) >= 11 is 3.38.